The Bertz CT molecular complexity index is 1120. The third-order valence-electron chi connectivity index (χ3n) is 6.23. The molecule has 1 aliphatic heterocycles. The Balaban J connectivity index is 1.46. The fourth-order valence-electron chi connectivity index (χ4n) is 4.54. The van der Waals surface area contributed by atoms with Gasteiger partial charge in [-0.3, -0.25) is 9.69 Å². The maximum absolute atomic E-state index is 13.4. The van der Waals surface area contributed by atoms with E-state index in [0.29, 0.717) is 24.4 Å². The average Bonchev–Trinajstić information content (AvgIpc) is 3.36. The summed E-state index contributed by atoms with van der Waals surface area (Å²) in [6.07, 6.45) is 5.88. The van der Waals surface area contributed by atoms with Gasteiger partial charge in [0.25, 0.3) is 0 Å². The molecule has 33 heavy (non-hydrogen) atoms. The van der Waals surface area contributed by atoms with Crippen LogP contribution in [0.4, 0.5) is 0 Å². The van der Waals surface area contributed by atoms with Gasteiger partial charge in [-0.2, -0.15) is 5.26 Å². The molecule has 2 aromatic carbocycles. The van der Waals surface area contributed by atoms with Crippen LogP contribution in [0.3, 0.4) is 0 Å². The van der Waals surface area contributed by atoms with E-state index in [1.807, 2.05) is 37.3 Å². The molecule has 7 heteroatoms. The normalized spacial score (nSPS) is 18.3. The second-order valence-corrected chi connectivity index (χ2v) is 9.39. The zero-order chi connectivity index (χ0) is 23.3. The summed E-state index contributed by atoms with van der Waals surface area (Å²) in [6, 6.07) is 17.5. The van der Waals surface area contributed by atoms with E-state index in [1.165, 1.54) is 0 Å². The number of nitriles is 1. The van der Waals surface area contributed by atoms with Gasteiger partial charge >= 0.3 is 0 Å². The molecule has 2 unspecified atom stereocenters. The van der Waals surface area contributed by atoms with Crippen LogP contribution in [-0.4, -0.2) is 33.9 Å². The lowest BCUT2D eigenvalue weighted by atomic mass is 9.89. The molecule has 2 heterocycles. The van der Waals surface area contributed by atoms with Gasteiger partial charge in [0.2, 0.25) is 5.91 Å². The minimum absolute atomic E-state index is 0.0401. The Kier molecular flexibility index (Phi) is 7.12. The molecule has 1 aromatic heterocycles. The molecular formula is C26H28ClN5O. The van der Waals surface area contributed by atoms with E-state index in [0.717, 1.165) is 42.1 Å². The first-order valence-corrected chi connectivity index (χ1v) is 11.6. The third-order valence-corrected chi connectivity index (χ3v) is 6.47. The van der Waals surface area contributed by atoms with E-state index in [1.54, 1.807) is 24.5 Å². The van der Waals surface area contributed by atoms with Crippen molar-refractivity contribution in [2.45, 2.75) is 38.3 Å². The molecule has 1 fully saturated rings. The summed E-state index contributed by atoms with van der Waals surface area (Å²) in [7, 11) is 0. The standard InChI is InChI=1S/C26H28ClN5O/c1-26(25-29-11-12-30-25,15-19-7-9-20(16-28)10-8-19)31-24(33)22-5-3-13-32(18-22)17-21-4-2-6-23(27)14-21/h2,4,6-12,14,22H,3,5,13,15,17-18H2,1H3,(H,29,30)(H,31,33). The van der Waals surface area contributed by atoms with E-state index in [-0.39, 0.29) is 11.8 Å². The van der Waals surface area contributed by atoms with Crippen molar-refractivity contribution < 1.29 is 4.79 Å². The van der Waals surface area contributed by atoms with Crippen LogP contribution in [0.2, 0.25) is 5.02 Å². The fourth-order valence-corrected chi connectivity index (χ4v) is 4.75. The molecule has 1 saturated heterocycles. The Hall–Kier alpha value is -3.14. The van der Waals surface area contributed by atoms with Gasteiger partial charge < -0.3 is 10.3 Å². The Labute approximate surface area is 199 Å². The van der Waals surface area contributed by atoms with Crippen molar-refractivity contribution in [2.24, 2.45) is 5.92 Å². The number of nitrogens with one attached hydrogen (secondary N) is 2. The Morgan fingerprint density at radius 1 is 1.30 bits per heavy atom. The highest BCUT2D eigenvalue weighted by Crippen LogP contribution is 2.26. The number of halogens is 1. The zero-order valence-electron chi connectivity index (χ0n) is 18.7. The molecular weight excluding hydrogens is 434 g/mol. The molecule has 6 nitrogen and oxygen atoms in total. The molecule has 0 saturated carbocycles. The minimum Gasteiger partial charge on any atom is -0.347 e. The van der Waals surface area contributed by atoms with Gasteiger partial charge in [-0.1, -0.05) is 35.9 Å². The molecule has 170 valence electrons. The number of aromatic nitrogens is 2. The molecule has 0 radical (unpaired) electrons. The molecule has 3 aromatic rings. The number of rotatable bonds is 7. The first-order chi connectivity index (χ1) is 15.9. The van der Waals surface area contributed by atoms with Gasteiger partial charge in [0, 0.05) is 36.9 Å². The number of imidazole rings is 1. The van der Waals surface area contributed by atoms with Gasteiger partial charge in [0.05, 0.1) is 23.1 Å². The van der Waals surface area contributed by atoms with Crippen molar-refractivity contribution >= 4 is 17.5 Å². The van der Waals surface area contributed by atoms with E-state index < -0.39 is 5.54 Å². The Morgan fingerprint density at radius 3 is 2.82 bits per heavy atom. The number of hydrogen-bond donors (Lipinski definition) is 2. The van der Waals surface area contributed by atoms with Crippen LogP contribution < -0.4 is 5.32 Å². The number of piperidine rings is 1. The number of amides is 1. The molecule has 0 aliphatic carbocycles. The molecule has 1 aliphatic rings. The second kappa shape index (κ2) is 10.2. The van der Waals surface area contributed by atoms with Crippen LogP contribution in [0, 0.1) is 17.2 Å². The molecule has 4 rings (SSSR count). The summed E-state index contributed by atoms with van der Waals surface area (Å²) in [5.41, 5.74) is 2.11. The van der Waals surface area contributed by atoms with Crippen molar-refractivity contribution in [1.29, 1.82) is 5.26 Å². The Morgan fingerprint density at radius 2 is 2.12 bits per heavy atom. The molecule has 0 bridgehead atoms. The van der Waals surface area contributed by atoms with Crippen LogP contribution >= 0.6 is 11.6 Å². The molecule has 1 amide bonds. The quantitative estimate of drug-likeness (QED) is 0.545. The molecule has 2 N–H and O–H groups in total. The van der Waals surface area contributed by atoms with Gasteiger partial charge in [0.1, 0.15) is 5.82 Å². The lowest BCUT2D eigenvalue weighted by Crippen LogP contribution is -2.51. The topological polar surface area (TPSA) is 84.8 Å². The van der Waals surface area contributed by atoms with E-state index in [2.05, 4.69) is 32.3 Å². The maximum Gasteiger partial charge on any atom is 0.225 e. The SMILES string of the molecule is CC(Cc1ccc(C#N)cc1)(NC(=O)C1CCCN(Cc2cccc(Cl)c2)C1)c1ncc[nH]1. The maximum atomic E-state index is 13.4. The number of nitrogens with zero attached hydrogens (tertiary/aromatic N) is 3. The van der Waals surface area contributed by atoms with Crippen LogP contribution in [-0.2, 0) is 23.3 Å². The van der Waals surface area contributed by atoms with Crippen LogP contribution in [0.1, 0.15) is 42.3 Å². The highest BCUT2D eigenvalue weighted by atomic mass is 35.5. The van der Waals surface area contributed by atoms with E-state index in [4.69, 9.17) is 16.9 Å². The van der Waals surface area contributed by atoms with Gasteiger partial charge in [0.15, 0.2) is 0 Å². The predicted molar refractivity (Wildman–Crippen MR) is 128 cm³/mol. The van der Waals surface area contributed by atoms with Crippen LogP contribution in [0.5, 0.6) is 0 Å². The number of carbonyl (C=O) groups is 1. The summed E-state index contributed by atoms with van der Waals surface area (Å²) in [5.74, 6) is 0.665. The van der Waals surface area contributed by atoms with Gasteiger partial charge in [-0.15, -0.1) is 0 Å². The number of carbonyl (C=O) groups excluding carboxylic acids is 1. The largest absolute Gasteiger partial charge is 0.347 e. The number of aromatic amines is 1. The van der Waals surface area contributed by atoms with Gasteiger partial charge in [-0.05, 0) is 61.7 Å². The smallest absolute Gasteiger partial charge is 0.225 e. The van der Waals surface area contributed by atoms with Gasteiger partial charge in [-0.25, -0.2) is 4.98 Å². The number of hydrogen-bond acceptors (Lipinski definition) is 4. The summed E-state index contributed by atoms with van der Waals surface area (Å²) < 4.78 is 0. The summed E-state index contributed by atoms with van der Waals surface area (Å²) in [6.45, 7) is 4.46. The molecule has 2 atom stereocenters. The van der Waals surface area contributed by atoms with Crippen molar-refractivity contribution in [1.82, 2.24) is 20.2 Å². The third kappa shape index (κ3) is 5.81. The lowest BCUT2D eigenvalue weighted by Gasteiger charge is -2.35. The average molecular weight is 462 g/mol. The fraction of sp³-hybridized carbons (Fsp3) is 0.346. The summed E-state index contributed by atoms with van der Waals surface area (Å²) >= 11 is 6.14. The minimum atomic E-state index is -0.691. The number of benzene rings is 2. The summed E-state index contributed by atoms with van der Waals surface area (Å²) in [5, 5.41) is 13.1. The zero-order valence-corrected chi connectivity index (χ0v) is 19.5. The predicted octanol–water partition coefficient (Wildman–Crippen LogP) is 4.42. The van der Waals surface area contributed by atoms with Crippen molar-refractivity contribution in [3.8, 4) is 6.07 Å². The van der Waals surface area contributed by atoms with Crippen molar-refractivity contribution in [3.63, 3.8) is 0 Å². The second-order valence-electron chi connectivity index (χ2n) is 8.95. The first kappa shape index (κ1) is 23.0. The highest BCUT2D eigenvalue weighted by molar-refractivity contribution is 6.30. The monoisotopic (exact) mass is 461 g/mol. The van der Waals surface area contributed by atoms with E-state index in [9.17, 15) is 4.79 Å². The number of likely N-dealkylation sites (tertiary alicyclic amines) is 1. The van der Waals surface area contributed by atoms with Crippen LogP contribution in [0.15, 0.2) is 60.9 Å². The van der Waals surface area contributed by atoms with Crippen LogP contribution in [0.25, 0.3) is 0 Å². The number of H-pyrrole nitrogens is 1. The van der Waals surface area contributed by atoms with Crippen molar-refractivity contribution in [3.05, 3.63) is 88.5 Å². The van der Waals surface area contributed by atoms with Crippen molar-refractivity contribution in [2.75, 3.05) is 13.1 Å². The summed E-state index contributed by atoms with van der Waals surface area (Å²) in [4.78, 5) is 23.4. The van der Waals surface area contributed by atoms with E-state index >= 15 is 0 Å². The first-order valence-electron chi connectivity index (χ1n) is 11.2. The highest BCUT2D eigenvalue weighted by Gasteiger charge is 2.35. The lowest BCUT2D eigenvalue weighted by molar-refractivity contribution is -0.128. The molecule has 0 spiro atoms.